The average Bonchev–Trinajstić information content (AvgIpc) is 2.24. The van der Waals surface area contributed by atoms with Crippen molar-refractivity contribution in [3.8, 4) is 0 Å². The molecular formula is C12H19N3O3. The first-order valence-corrected chi connectivity index (χ1v) is 5.89. The fraction of sp³-hybridized carbons (Fsp3) is 0.583. The van der Waals surface area contributed by atoms with Crippen molar-refractivity contribution in [2.75, 3.05) is 6.54 Å². The number of rotatable bonds is 5. The molecule has 0 aliphatic rings. The molecule has 0 aromatic carbocycles. The summed E-state index contributed by atoms with van der Waals surface area (Å²) in [4.78, 5) is 21.6. The third-order valence-corrected chi connectivity index (χ3v) is 2.41. The molecule has 1 aromatic heterocycles. The van der Waals surface area contributed by atoms with Crippen LogP contribution >= 0.6 is 0 Å². The molecule has 100 valence electrons. The molecule has 0 aliphatic heterocycles. The Morgan fingerprint density at radius 2 is 2.06 bits per heavy atom. The second kappa shape index (κ2) is 5.77. The molecule has 0 radical (unpaired) electrons. The zero-order valence-electron chi connectivity index (χ0n) is 11.0. The maximum absolute atomic E-state index is 11.5. The van der Waals surface area contributed by atoms with Gasteiger partial charge in [-0.05, 0) is 33.7 Å². The molecule has 1 heterocycles. The van der Waals surface area contributed by atoms with E-state index in [1.807, 2.05) is 0 Å². The molecule has 1 rings (SSSR count). The molecule has 0 amide bonds. The highest BCUT2D eigenvalue weighted by atomic mass is 16.6. The van der Waals surface area contributed by atoms with Gasteiger partial charge in [0.05, 0.1) is 11.1 Å². The molecule has 0 fully saturated rings. The van der Waals surface area contributed by atoms with Crippen molar-refractivity contribution in [3.63, 3.8) is 0 Å². The van der Waals surface area contributed by atoms with Crippen molar-refractivity contribution in [1.29, 1.82) is 0 Å². The van der Waals surface area contributed by atoms with E-state index in [2.05, 4.69) is 26.1 Å². The summed E-state index contributed by atoms with van der Waals surface area (Å²) in [6, 6.07) is 2.46. The maximum Gasteiger partial charge on any atom is 0.285 e. The van der Waals surface area contributed by atoms with Crippen LogP contribution in [0.4, 0.5) is 5.69 Å². The third kappa shape index (κ3) is 4.67. The highest BCUT2D eigenvalue weighted by Crippen LogP contribution is 2.06. The van der Waals surface area contributed by atoms with Gasteiger partial charge in [-0.2, -0.15) is 0 Å². The van der Waals surface area contributed by atoms with Crippen LogP contribution < -0.4 is 10.9 Å². The smallest absolute Gasteiger partial charge is 0.285 e. The van der Waals surface area contributed by atoms with Gasteiger partial charge in [0, 0.05) is 24.2 Å². The predicted molar refractivity (Wildman–Crippen MR) is 69.7 cm³/mol. The van der Waals surface area contributed by atoms with Gasteiger partial charge < -0.3 is 9.88 Å². The van der Waals surface area contributed by atoms with Gasteiger partial charge in [-0.3, -0.25) is 14.9 Å². The highest BCUT2D eigenvalue weighted by molar-refractivity contribution is 5.24. The minimum absolute atomic E-state index is 0.0354. The minimum atomic E-state index is -0.497. The molecule has 6 heteroatoms. The molecule has 1 N–H and O–H groups in total. The quantitative estimate of drug-likeness (QED) is 0.490. The Morgan fingerprint density at radius 3 is 2.61 bits per heavy atom. The molecule has 1 aromatic rings. The maximum atomic E-state index is 11.5. The minimum Gasteiger partial charge on any atom is -0.312 e. The van der Waals surface area contributed by atoms with Crippen LogP contribution in [-0.2, 0) is 6.54 Å². The highest BCUT2D eigenvalue weighted by Gasteiger charge is 2.09. The van der Waals surface area contributed by atoms with Gasteiger partial charge in [0.2, 0.25) is 0 Å². The lowest BCUT2D eigenvalue weighted by molar-refractivity contribution is -0.385. The molecule has 0 saturated carbocycles. The van der Waals surface area contributed by atoms with Crippen molar-refractivity contribution >= 4 is 5.69 Å². The Bertz CT molecular complexity index is 474. The van der Waals surface area contributed by atoms with Gasteiger partial charge in [0.25, 0.3) is 11.2 Å². The molecule has 0 bridgehead atoms. The normalized spacial score (nSPS) is 11.5. The first-order valence-electron chi connectivity index (χ1n) is 5.89. The van der Waals surface area contributed by atoms with Gasteiger partial charge in [0.1, 0.15) is 0 Å². The fourth-order valence-electron chi connectivity index (χ4n) is 1.51. The molecule has 0 aliphatic carbocycles. The first kappa shape index (κ1) is 14.4. The summed E-state index contributed by atoms with van der Waals surface area (Å²) >= 11 is 0. The lowest BCUT2D eigenvalue weighted by Crippen LogP contribution is -2.37. The Kier molecular flexibility index (Phi) is 4.61. The fourth-order valence-corrected chi connectivity index (χ4v) is 1.51. The van der Waals surface area contributed by atoms with Gasteiger partial charge in [0.15, 0.2) is 0 Å². The Labute approximate surface area is 106 Å². The lowest BCUT2D eigenvalue weighted by atomic mass is 10.1. The van der Waals surface area contributed by atoms with E-state index in [-0.39, 0.29) is 16.8 Å². The van der Waals surface area contributed by atoms with Crippen LogP contribution in [0, 0.1) is 10.1 Å². The summed E-state index contributed by atoms with van der Waals surface area (Å²) in [6.45, 7) is 7.42. The van der Waals surface area contributed by atoms with Crippen molar-refractivity contribution in [1.82, 2.24) is 9.88 Å². The third-order valence-electron chi connectivity index (χ3n) is 2.41. The van der Waals surface area contributed by atoms with E-state index in [0.29, 0.717) is 6.54 Å². The Morgan fingerprint density at radius 1 is 1.39 bits per heavy atom. The number of aromatic nitrogens is 1. The van der Waals surface area contributed by atoms with Crippen LogP contribution in [0.15, 0.2) is 23.1 Å². The van der Waals surface area contributed by atoms with Gasteiger partial charge in [-0.1, -0.05) is 0 Å². The van der Waals surface area contributed by atoms with Crippen molar-refractivity contribution in [2.24, 2.45) is 0 Å². The standard InChI is InChI=1S/C12H19N3O3/c1-12(2,3)13-7-4-8-14-9-10(15(17)18)5-6-11(14)16/h5-6,9,13H,4,7-8H2,1-3H3. The van der Waals surface area contributed by atoms with Crippen molar-refractivity contribution in [3.05, 3.63) is 38.8 Å². The Balaban J connectivity index is 2.59. The number of pyridine rings is 1. The van der Waals surface area contributed by atoms with E-state index in [4.69, 9.17) is 0 Å². The molecule has 0 atom stereocenters. The van der Waals surface area contributed by atoms with Crippen LogP contribution in [0.2, 0.25) is 0 Å². The van der Waals surface area contributed by atoms with Crippen LogP contribution in [0.3, 0.4) is 0 Å². The summed E-state index contributed by atoms with van der Waals surface area (Å²) in [5.41, 5.74) is -0.233. The van der Waals surface area contributed by atoms with Gasteiger partial charge >= 0.3 is 0 Å². The number of aryl methyl sites for hydroxylation is 1. The van der Waals surface area contributed by atoms with E-state index in [1.54, 1.807) is 0 Å². The number of hydrogen-bond donors (Lipinski definition) is 1. The molecular weight excluding hydrogens is 234 g/mol. The summed E-state index contributed by atoms with van der Waals surface area (Å²) in [5, 5.41) is 13.9. The van der Waals surface area contributed by atoms with E-state index >= 15 is 0 Å². The molecule has 0 unspecified atom stereocenters. The van der Waals surface area contributed by atoms with E-state index in [0.717, 1.165) is 13.0 Å². The van der Waals surface area contributed by atoms with Crippen molar-refractivity contribution < 1.29 is 4.92 Å². The topological polar surface area (TPSA) is 77.2 Å². The SMILES string of the molecule is CC(C)(C)NCCCn1cc([N+](=O)[O-])ccc1=O. The summed E-state index contributed by atoms with van der Waals surface area (Å²) in [5.74, 6) is 0. The van der Waals surface area contributed by atoms with E-state index in [9.17, 15) is 14.9 Å². The molecule has 18 heavy (non-hydrogen) atoms. The van der Waals surface area contributed by atoms with Crippen LogP contribution in [0.1, 0.15) is 27.2 Å². The zero-order valence-corrected chi connectivity index (χ0v) is 11.0. The van der Waals surface area contributed by atoms with E-state index < -0.39 is 4.92 Å². The van der Waals surface area contributed by atoms with Crippen molar-refractivity contribution in [2.45, 2.75) is 39.3 Å². The van der Waals surface area contributed by atoms with E-state index in [1.165, 1.54) is 22.9 Å². The number of nitro groups is 1. The Hall–Kier alpha value is -1.69. The first-order chi connectivity index (χ1) is 8.29. The average molecular weight is 253 g/mol. The van der Waals surface area contributed by atoms with Crippen LogP contribution in [-0.4, -0.2) is 21.6 Å². The number of nitrogens with one attached hydrogen (secondary N) is 1. The number of hydrogen-bond acceptors (Lipinski definition) is 4. The predicted octanol–water partition coefficient (Wildman–Crippen LogP) is 1.53. The van der Waals surface area contributed by atoms with Crippen LogP contribution in [0.5, 0.6) is 0 Å². The monoisotopic (exact) mass is 253 g/mol. The summed E-state index contributed by atoms with van der Waals surface area (Å²) in [7, 11) is 0. The zero-order chi connectivity index (χ0) is 13.8. The second-order valence-corrected chi connectivity index (χ2v) is 5.21. The molecule has 0 saturated heterocycles. The summed E-state index contributed by atoms with van der Waals surface area (Å²) < 4.78 is 1.38. The summed E-state index contributed by atoms with van der Waals surface area (Å²) in [6.07, 6.45) is 2.04. The number of nitrogens with zero attached hydrogens (tertiary/aromatic N) is 2. The molecule has 0 spiro atoms. The lowest BCUT2D eigenvalue weighted by Gasteiger charge is -2.20. The van der Waals surface area contributed by atoms with Gasteiger partial charge in [-0.15, -0.1) is 0 Å². The second-order valence-electron chi connectivity index (χ2n) is 5.21. The molecule has 6 nitrogen and oxygen atoms in total. The van der Waals surface area contributed by atoms with Gasteiger partial charge in [-0.25, -0.2) is 0 Å². The largest absolute Gasteiger partial charge is 0.312 e. The van der Waals surface area contributed by atoms with Crippen LogP contribution in [0.25, 0.3) is 0 Å².